The van der Waals surface area contributed by atoms with Crippen LogP contribution in [0.5, 0.6) is 5.75 Å². The lowest BCUT2D eigenvalue weighted by molar-refractivity contribution is -0.274. The van der Waals surface area contributed by atoms with Crippen LogP contribution in [0.3, 0.4) is 0 Å². The molecule has 1 N–H and O–H groups in total. The molecule has 1 amide bonds. The van der Waals surface area contributed by atoms with Gasteiger partial charge in [-0.2, -0.15) is 4.98 Å². The van der Waals surface area contributed by atoms with E-state index in [1.807, 2.05) is 52.0 Å². The highest BCUT2D eigenvalue weighted by Crippen LogP contribution is 2.38. The topological polar surface area (TPSA) is 118 Å². The molecule has 1 aliphatic heterocycles. The van der Waals surface area contributed by atoms with Gasteiger partial charge < -0.3 is 33.2 Å². The number of nitrogens with one attached hydrogen (secondary N) is 1. The lowest BCUT2D eigenvalue weighted by Crippen LogP contribution is -2.59. The van der Waals surface area contributed by atoms with Gasteiger partial charge in [-0.1, -0.05) is 16.8 Å². The van der Waals surface area contributed by atoms with Crippen LogP contribution in [-0.4, -0.2) is 47.4 Å². The number of amides is 1. The van der Waals surface area contributed by atoms with Gasteiger partial charge >= 0.3 is 6.09 Å². The molecule has 4 aromatic rings. The van der Waals surface area contributed by atoms with Gasteiger partial charge in [0, 0.05) is 16.5 Å². The maximum absolute atomic E-state index is 12.9. The summed E-state index contributed by atoms with van der Waals surface area (Å²) >= 11 is 6.35. The highest BCUT2D eigenvalue weighted by molar-refractivity contribution is 6.32. The average Bonchev–Trinajstić information content (AvgIpc) is 3.54. The molecule has 0 bridgehead atoms. The van der Waals surface area contributed by atoms with Crippen molar-refractivity contribution >= 4 is 28.7 Å². The van der Waals surface area contributed by atoms with Gasteiger partial charge in [0.25, 0.3) is 5.89 Å². The SMILES string of the molecule is CCOc1ccc(-c2nc(-c3cc(C)c4oc(C5(NC(=O)OC(C)(C)C)COC(C)(C)OC5)cc4c3)no2)cc1Cl. The molecule has 11 heteroatoms. The van der Waals surface area contributed by atoms with E-state index in [0.717, 1.165) is 16.5 Å². The second kappa shape index (κ2) is 10.7. The largest absolute Gasteiger partial charge is 0.492 e. The summed E-state index contributed by atoms with van der Waals surface area (Å²) in [6.45, 7) is 13.6. The zero-order valence-corrected chi connectivity index (χ0v) is 25.0. The predicted molar refractivity (Wildman–Crippen MR) is 153 cm³/mol. The standard InChI is InChI=1S/C30H34ClN3O7/c1-8-36-22-10-9-18(13-21(22)31)26-32-25(34-41-26)20-11-17(2)24-19(12-20)14-23(39-24)30(15-37-29(6,7)38-16-30)33-27(35)40-28(3,4)5/h9-14H,8,15-16H2,1-7H3,(H,33,35). The van der Waals surface area contributed by atoms with Crippen molar-refractivity contribution in [2.24, 2.45) is 0 Å². The van der Waals surface area contributed by atoms with E-state index < -0.39 is 23.0 Å². The Morgan fingerprint density at radius 3 is 2.49 bits per heavy atom. The Balaban J connectivity index is 1.48. The molecule has 1 aliphatic rings. The maximum Gasteiger partial charge on any atom is 0.408 e. The van der Waals surface area contributed by atoms with Crippen molar-refractivity contribution in [2.75, 3.05) is 19.8 Å². The van der Waals surface area contributed by atoms with Crippen LogP contribution in [0.25, 0.3) is 33.8 Å². The summed E-state index contributed by atoms with van der Waals surface area (Å²) < 4.78 is 34.8. The Labute approximate surface area is 243 Å². The number of carbonyl (C=O) groups is 1. The van der Waals surface area contributed by atoms with Crippen molar-refractivity contribution in [2.45, 2.75) is 65.4 Å². The van der Waals surface area contributed by atoms with Crippen molar-refractivity contribution in [1.82, 2.24) is 15.5 Å². The molecule has 10 nitrogen and oxygen atoms in total. The first-order valence-corrected chi connectivity index (χ1v) is 13.8. The second-order valence-corrected chi connectivity index (χ2v) is 11.9. The number of aryl methyl sites for hydroxylation is 1. The Morgan fingerprint density at radius 2 is 1.83 bits per heavy atom. The summed E-state index contributed by atoms with van der Waals surface area (Å²) in [6.07, 6.45) is -0.601. The number of fused-ring (bicyclic) bond motifs is 1. The Morgan fingerprint density at radius 1 is 1.10 bits per heavy atom. The van der Waals surface area contributed by atoms with Crippen molar-refractivity contribution < 1.29 is 32.7 Å². The van der Waals surface area contributed by atoms with Crippen LogP contribution in [0.4, 0.5) is 4.79 Å². The zero-order chi connectivity index (χ0) is 29.6. The maximum atomic E-state index is 12.9. The molecule has 218 valence electrons. The molecule has 1 fully saturated rings. The summed E-state index contributed by atoms with van der Waals surface area (Å²) in [7, 11) is 0. The molecule has 2 aromatic carbocycles. The highest BCUT2D eigenvalue weighted by Gasteiger charge is 2.46. The van der Waals surface area contributed by atoms with Crippen molar-refractivity contribution in [3.63, 3.8) is 0 Å². The Hall–Kier alpha value is -3.60. The summed E-state index contributed by atoms with van der Waals surface area (Å²) in [5.41, 5.74) is 1.14. The number of alkyl carbamates (subject to hydrolysis) is 1. The summed E-state index contributed by atoms with van der Waals surface area (Å²) in [6, 6.07) is 11.0. The van der Waals surface area contributed by atoms with Crippen molar-refractivity contribution in [1.29, 1.82) is 0 Å². The molecular formula is C30H34ClN3O7. The van der Waals surface area contributed by atoms with Crippen LogP contribution in [0.2, 0.25) is 5.02 Å². The molecule has 0 atom stereocenters. The quantitative estimate of drug-likeness (QED) is 0.255. The molecule has 0 aliphatic carbocycles. The third kappa shape index (κ3) is 6.19. The minimum atomic E-state index is -1.10. The summed E-state index contributed by atoms with van der Waals surface area (Å²) in [4.78, 5) is 17.4. The Kier molecular flexibility index (Phi) is 7.52. The minimum Gasteiger partial charge on any atom is -0.492 e. The fraction of sp³-hybridized carbons (Fsp3) is 0.433. The summed E-state index contributed by atoms with van der Waals surface area (Å²) in [5.74, 6) is 0.997. The van der Waals surface area contributed by atoms with Gasteiger partial charge in [-0.05, 0) is 90.4 Å². The molecular weight excluding hydrogens is 550 g/mol. The van der Waals surface area contributed by atoms with E-state index in [9.17, 15) is 4.79 Å². The van der Waals surface area contributed by atoms with Gasteiger partial charge in [-0.15, -0.1) is 0 Å². The fourth-order valence-corrected chi connectivity index (χ4v) is 4.75. The van der Waals surface area contributed by atoms with Gasteiger partial charge in [-0.25, -0.2) is 4.79 Å². The van der Waals surface area contributed by atoms with E-state index in [4.69, 9.17) is 39.5 Å². The van der Waals surface area contributed by atoms with E-state index >= 15 is 0 Å². The van der Waals surface area contributed by atoms with Crippen molar-refractivity contribution in [3.8, 4) is 28.6 Å². The van der Waals surface area contributed by atoms with Crippen LogP contribution in [0.15, 0.2) is 45.3 Å². The highest BCUT2D eigenvalue weighted by atomic mass is 35.5. The smallest absolute Gasteiger partial charge is 0.408 e. The lowest BCUT2D eigenvalue weighted by Gasteiger charge is -2.42. The van der Waals surface area contributed by atoms with Crippen LogP contribution >= 0.6 is 11.6 Å². The van der Waals surface area contributed by atoms with Gasteiger partial charge in [0.15, 0.2) is 5.79 Å². The van der Waals surface area contributed by atoms with E-state index in [1.165, 1.54) is 0 Å². The number of furan rings is 1. The predicted octanol–water partition coefficient (Wildman–Crippen LogP) is 7.01. The molecule has 0 radical (unpaired) electrons. The van der Waals surface area contributed by atoms with E-state index in [2.05, 4.69) is 15.5 Å². The van der Waals surface area contributed by atoms with Gasteiger partial charge in [0.05, 0.1) is 24.8 Å². The zero-order valence-electron chi connectivity index (χ0n) is 24.2. The third-order valence-electron chi connectivity index (χ3n) is 6.51. The number of ether oxygens (including phenoxy) is 4. The van der Waals surface area contributed by atoms with E-state index in [0.29, 0.717) is 46.0 Å². The molecule has 0 saturated carbocycles. The fourth-order valence-electron chi connectivity index (χ4n) is 4.51. The average molecular weight is 584 g/mol. The Bertz CT molecular complexity index is 1570. The van der Waals surface area contributed by atoms with Crippen LogP contribution < -0.4 is 10.1 Å². The molecule has 41 heavy (non-hydrogen) atoms. The lowest BCUT2D eigenvalue weighted by atomic mass is 9.96. The third-order valence-corrected chi connectivity index (χ3v) is 6.80. The first-order valence-electron chi connectivity index (χ1n) is 13.4. The normalized spacial score (nSPS) is 16.5. The van der Waals surface area contributed by atoms with E-state index in [1.54, 1.807) is 32.9 Å². The van der Waals surface area contributed by atoms with E-state index in [-0.39, 0.29) is 13.2 Å². The van der Waals surface area contributed by atoms with Gasteiger partial charge in [-0.3, -0.25) is 0 Å². The molecule has 3 heterocycles. The monoisotopic (exact) mass is 583 g/mol. The van der Waals surface area contributed by atoms with Crippen molar-refractivity contribution in [3.05, 3.63) is 52.7 Å². The van der Waals surface area contributed by atoms with Crippen LogP contribution in [0, 0.1) is 6.92 Å². The number of benzene rings is 2. The van der Waals surface area contributed by atoms with Crippen LogP contribution in [-0.2, 0) is 19.7 Å². The van der Waals surface area contributed by atoms with Gasteiger partial charge in [0.1, 0.15) is 28.2 Å². The van der Waals surface area contributed by atoms with Crippen LogP contribution in [0.1, 0.15) is 52.9 Å². The number of halogens is 1. The number of carbonyl (C=O) groups excluding carboxylic acids is 1. The van der Waals surface area contributed by atoms with Gasteiger partial charge in [0.2, 0.25) is 5.82 Å². The number of hydrogen-bond donors (Lipinski definition) is 1. The molecule has 0 spiro atoms. The number of hydrogen-bond acceptors (Lipinski definition) is 9. The number of rotatable bonds is 6. The minimum absolute atomic E-state index is 0.129. The summed E-state index contributed by atoms with van der Waals surface area (Å²) in [5, 5.41) is 8.39. The number of aromatic nitrogens is 2. The second-order valence-electron chi connectivity index (χ2n) is 11.5. The first kappa shape index (κ1) is 28.9. The molecule has 2 aromatic heterocycles. The number of nitrogens with zero attached hydrogens (tertiary/aromatic N) is 2. The molecule has 0 unspecified atom stereocenters. The first-order chi connectivity index (χ1) is 19.3. The molecule has 5 rings (SSSR count). The molecule has 1 saturated heterocycles.